The van der Waals surface area contributed by atoms with E-state index in [1.807, 2.05) is 0 Å². The Morgan fingerprint density at radius 1 is 1.26 bits per heavy atom. The highest BCUT2D eigenvalue weighted by Crippen LogP contribution is 2.20. The molecule has 0 bridgehead atoms. The zero-order valence-corrected chi connectivity index (χ0v) is 13.6. The molecule has 0 saturated carbocycles. The van der Waals surface area contributed by atoms with Crippen LogP contribution in [-0.2, 0) is 9.53 Å². The molecule has 1 aliphatic heterocycles. The summed E-state index contributed by atoms with van der Waals surface area (Å²) in [4.78, 5) is 52.9. The second-order valence-corrected chi connectivity index (χ2v) is 5.39. The minimum absolute atomic E-state index is 0.0388. The van der Waals surface area contributed by atoms with Gasteiger partial charge in [0.25, 0.3) is 5.91 Å². The third-order valence-electron chi connectivity index (χ3n) is 3.73. The average molecular weight is 321 g/mol. The van der Waals surface area contributed by atoms with Crippen LogP contribution in [0.5, 0.6) is 0 Å². The molecule has 1 saturated heterocycles. The Bertz CT molecular complexity index is 692. The molecule has 8 heteroatoms. The SMILES string of the molecule is CCOC(=O)c1c(C)[nH]c(C(=O)CN2C(=O)CN(C)C2=O)c1C. The summed E-state index contributed by atoms with van der Waals surface area (Å²) in [6, 6.07) is -0.505. The number of aromatic nitrogens is 1. The van der Waals surface area contributed by atoms with Crippen LogP contribution in [0.2, 0.25) is 0 Å². The van der Waals surface area contributed by atoms with E-state index in [2.05, 4.69) is 4.98 Å². The quantitative estimate of drug-likeness (QED) is 0.493. The lowest BCUT2D eigenvalue weighted by molar-refractivity contribution is -0.125. The number of ether oxygens (including phenoxy) is 1. The minimum Gasteiger partial charge on any atom is -0.462 e. The number of rotatable bonds is 5. The Labute approximate surface area is 133 Å². The van der Waals surface area contributed by atoms with E-state index in [1.54, 1.807) is 20.8 Å². The molecule has 0 aromatic carbocycles. The van der Waals surface area contributed by atoms with E-state index in [-0.39, 0.29) is 25.4 Å². The van der Waals surface area contributed by atoms with Crippen LogP contribution in [0.15, 0.2) is 0 Å². The molecule has 0 unspecified atom stereocenters. The Balaban J connectivity index is 2.24. The van der Waals surface area contributed by atoms with Gasteiger partial charge in [-0.3, -0.25) is 14.5 Å². The van der Waals surface area contributed by atoms with Gasteiger partial charge >= 0.3 is 12.0 Å². The number of likely N-dealkylation sites (N-methyl/N-ethyl adjacent to an activating group) is 1. The molecule has 0 radical (unpaired) electrons. The number of H-pyrrole nitrogens is 1. The maximum Gasteiger partial charge on any atom is 0.340 e. The fourth-order valence-corrected chi connectivity index (χ4v) is 2.59. The molecule has 1 fully saturated rings. The number of nitrogens with zero attached hydrogens (tertiary/aromatic N) is 2. The molecule has 3 amide bonds. The highest BCUT2D eigenvalue weighted by atomic mass is 16.5. The highest BCUT2D eigenvalue weighted by Gasteiger charge is 2.35. The van der Waals surface area contributed by atoms with E-state index in [0.717, 1.165) is 4.90 Å². The first kappa shape index (κ1) is 16.7. The third-order valence-corrected chi connectivity index (χ3v) is 3.73. The number of carbonyl (C=O) groups excluding carboxylic acids is 4. The number of amides is 3. The topological polar surface area (TPSA) is 99.8 Å². The number of hydrogen-bond donors (Lipinski definition) is 1. The van der Waals surface area contributed by atoms with Crippen molar-refractivity contribution in [2.45, 2.75) is 20.8 Å². The number of hydrogen-bond acceptors (Lipinski definition) is 5. The van der Waals surface area contributed by atoms with Crippen molar-refractivity contribution in [3.8, 4) is 0 Å². The van der Waals surface area contributed by atoms with E-state index in [1.165, 1.54) is 11.9 Å². The number of imide groups is 1. The summed E-state index contributed by atoms with van der Waals surface area (Å²) >= 11 is 0. The van der Waals surface area contributed by atoms with E-state index in [0.29, 0.717) is 16.8 Å². The van der Waals surface area contributed by atoms with Gasteiger partial charge in [0.15, 0.2) is 5.78 Å². The number of Topliss-reactive ketones (excluding diaryl/α,β-unsaturated/α-hetero) is 1. The number of nitrogens with one attached hydrogen (secondary N) is 1. The molecule has 23 heavy (non-hydrogen) atoms. The zero-order chi connectivity index (χ0) is 17.3. The summed E-state index contributed by atoms with van der Waals surface area (Å²) in [5, 5.41) is 0. The van der Waals surface area contributed by atoms with Gasteiger partial charge in [-0.2, -0.15) is 0 Å². The largest absolute Gasteiger partial charge is 0.462 e. The standard InChI is InChI=1S/C15H19N3O5/c1-5-23-14(21)12-8(2)13(16-9(12)3)10(19)6-18-11(20)7-17(4)15(18)22/h16H,5-7H2,1-4H3. The summed E-state index contributed by atoms with van der Waals surface area (Å²) in [5.41, 5.74) is 1.49. The van der Waals surface area contributed by atoms with Crippen LogP contribution in [0.1, 0.15) is 39.0 Å². The molecule has 2 rings (SSSR count). The number of ketones is 1. The maximum atomic E-state index is 12.4. The number of urea groups is 1. The van der Waals surface area contributed by atoms with Gasteiger partial charge in [0.2, 0.25) is 0 Å². The van der Waals surface area contributed by atoms with Crippen molar-refractivity contribution in [3.05, 3.63) is 22.5 Å². The lowest BCUT2D eigenvalue weighted by Crippen LogP contribution is -2.36. The van der Waals surface area contributed by atoms with Crippen LogP contribution in [0, 0.1) is 13.8 Å². The molecule has 0 spiro atoms. The number of aryl methyl sites for hydroxylation is 1. The van der Waals surface area contributed by atoms with Gasteiger partial charge in [0.05, 0.1) is 24.4 Å². The van der Waals surface area contributed by atoms with Crippen LogP contribution in [0.4, 0.5) is 4.79 Å². The normalized spacial score (nSPS) is 14.6. The zero-order valence-electron chi connectivity index (χ0n) is 13.6. The van der Waals surface area contributed by atoms with Crippen molar-refractivity contribution in [1.82, 2.24) is 14.8 Å². The lowest BCUT2D eigenvalue weighted by Gasteiger charge is -2.12. The van der Waals surface area contributed by atoms with E-state index in [9.17, 15) is 19.2 Å². The number of carbonyl (C=O) groups is 4. The van der Waals surface area contributed by atoms with Crippen molar-refractivity contribution in [2.24, 2.45) is 0 Å². The molecule has 1 aliphatic rings. The number of esters is 1. The highest BCUT2D eigenvalue weighted by molar-refractivity contribution is 6.08. The second-order valence-electron chi connectivity index (χ2n) is 5.39. The Morgan fingerprint density at radius 3 is 2.43 bits per heavy atom. The van der Waals surface area contributed by atoms with Crippen molar-refractivity contribution in [2.75, 3.05) is 26.7 Å². The summed E-state index contributed by atoms with van der Waals surface area (Å²) < 4.78 is 4.97. The number of aromatic amines is 1. The molecule has 124 valence electrons. The van der Waals surface area contributed by atoms with Crippen molar-refractivity contribution >= 4 is 23.7 Å². The van der Waals surface area contributed by atoms with Crippen molar-refractivity contribution in [3.63, 3.8) is 0 Å². The summed E-state index contributed by atoms with van der Waals surface area (Å²) in [6.45, 7) is 4.82. The molecular weight excluding hydrogens is 302 g/mol. The Kier molecular flexibility index (Phi) is 4.53. The molecule has 2 heterocycles. The minimum atomic E-state index is -0.508. The first-order valence-corrected chi connectivity index (χ1v) is 7.22. The van der Waals surface area contributed by atoms with Gasteiger partial charge in [-0.05, 0) is 26.3 Å². The van der Waals surface area contributed by atoms with Crippen LogP contribution in [0.3, 0.4) is 0 Å². The van der Waals surface area contributed by atoms with Crippen LogP contribution in [0.25, 0.3) is 0 Å². The van der Waals surface area contributed by atoms with Crippen LogP contribution >= 0.6 is 0 Å². The van der Waals surface area contributed by atoms with E-state index in [4.69, 9.17) is 4.74 Å². The van der Waals surface area contributed by atoms with Gasteiger partial charge in [-0.15, -0.1) is 0 Å². The predicted octanol–water partition coefficient (Wildman–Crippen LogP) is 0.885. The lowest BCUT2D eigenvalue weighted by atomic mass is 10.1. The first-order chi connectivity index (χ1) is 10.8. The molecule has 1 aromatic rings. The summed E-state index contributed by atoms with van der Waals surface area (Å²) in [6.07, 6.45) is 0. The summed E-state index contributed by atoms with van der Waals surface area (Å²) in [7, 11) is 1.49. The summed E-state index contributed by atoms with van der Waals surface area (Å²) in [5.74, 6) is -1.36. The second kappa shape index (κ2) is 6.23. The van der Waals surface area contributed by atoms with Crippen LogP contribution in [-0.4, -0.2) is 65.2 Å². The fourth-order valence-electron chi connectivity index (χ4n) is 2.59. The van der Waals surface area contributed by atoms with Gasteiger partial charge < -0.3 is 14.6 Å². The van der Waals surface area contributed by atoms with Gasteiger partial charge in [0.1, 0.15) is 6.54 Å². The Morgan fingerprint density at radius 2 is 1.91 bits per heavy atom. The van der Waals surface area contributed by atoms with Gasteiger partial charge in [-0.25, -0.2) is 9.59 Å². The average Bonchev–Trinajstić information content (AvgIpc) is 2.90. The predicted molar refractivity (Wildman–Crippen MR) is 80.3 cm³/mol. The fraction of sp³-hybridized carbons (Fsp3) is 0.467. The molecule has 1 N–H and O–H groups in total. The molecule has 0 atom stereocenters. The monoisotopic (exact) mass is 321 g/mol. The first-order valence-electron chi connectivity index (χ1n) is 7.22. The van der Waals surface area contributed by atoms with E-state index < -0.39 is 23.7 Å². The van der Waals surface area contributed by atoms with Crippen LogP contribution < -0.4 is 0 Å². The molecule has 0 aliphatic carbocycles. The van der Waals surface area contributed by atoms with Gasteiger partial charge in [-0.1, -0.05) is 0 Å². The van der Waals surface area contributed by atoms with E-state index >= 15 is 0 Å². The van der Waals surface area contributed by atoms with Crippen molar-refractivity contribution in [1.29, 1.82) is 0 Å². The smallest absolute Gasteiger partial charge is 0.340 e. The molecule has 1 aromatic heterocycles. The van der Waals surface area contributed by atoms with Crippen molar-refractivity contribution < 1.29 is 23.9 Å². The maximum absolute atomic E-state index is 12.4. The van der Waals surface area contributed by atoms with Gasteiger partial charge in [0, 0.05) is 12.7 Å². The Hall–Kier alpha value is -2.64. The third kappa shape index (κ3) is 2.96. The molecular formula is C15H19N3O5. The molecule has 8 nitrogen and oxygen atoms in total.